The summed E-state index contributed by atoms with van der Waals surface area (Å²) in [5, 5.41) is 4.52. The molecule has 3 N–H and O–H groups in total. The number of benzene rings is 1. The summed E-state index contributed by atoms with van der Waals surface area (Å²) in [6.45, 7) is 6.93. The highest BCUT2D eigenvalue weighted by atomic mass is 32.2. The van der Waals surface area contributed by atoms with Crippen LogP contribution in [0.1, 0.15) is 110 Å². The zero-order valence-corrected chi connectivity index (χ0v) is 35.8. The molecule has 7 rings (SSSR count). The number of aryl methyl sites for hydroxylation is 1. The molecule has 1 saturated heterocycles. The first-order chi connectivity index (χ1) is 28.4. The summed E-state index contributed by atoms with van der Waals surface area (Å²) in [5.74, 6) is -4.32. The summed E-state index contributed by atoms with van der Waals surface area (Å²) in [6.07, 6.45) is 2.90. The Labute approximate surface area is 349 Å². The van der Waals surface area contributed by atoms with Gasteiger partial charge in [-0.2, -0.15) is 0 Å². The van der Waals surface area contributed by atoms with E-state index in [1.807, 2.05) is 10.8 Å². The second-order valence-corrected chi connectivity index (χ2v) is 20.3. The Hall–Kier alpha value is -4.35. The van der Waals surface area contributed by atoms with Crippen LogP contribution in [0.3, 0.4) is 0 Å². The Balaban J connectivity index is 1.28. The molecule has 1 aromatic heterocycles. The maximum atomic E-state index is 15.0. The smallest absolute Gasteiger partial charge is 0.408 e. The minimum atomic E-state index is -4.15. The Morgan fingerprint density at radius 1 is 1.00 bits per heavy atom. The standard InChI is InChI=1S/C42H58F2N6O9S/c1-6-26-32-22-50(33(26)36(51)48-42(21-27(42)35(43)44)39(53)49-60(55,56)25-17-18-25)38(52)34(41(2,3)4)47-40(54)59-31-15-11-10-13-23(31)12-8-7-9-14-29-37(58-32)46-30-20-24(57-5)16-19-28(30)45-29/h16,19-20,23,25-27,31-35H,6-15,17-18,21-22H2,1-5H3,(H,47,54)(H,48,51)(H,49,53)/t23-,26-,27+,31-,32+,33+,34-,42-/m1/s1. The number of nitrogens with one attached hydrogen (secondary N) is 3. The molecule has 330 valence electrons. The van der Waals surface area contributed by atoms with Crippen LogP contribution in [0.5, 0.6) is 11.6 Å². The van der Waals surface area contributed by atoms with Crippen LogP contribution in [0.2, 0.25) is 0 Å². The summed E-state index contributed by atoms with van der Waals surface area (Å²) in [4.78, 5) is 68.2. The topological polar surface area (TPSA) is 195 Å². The molecule has 15 nitrogen and oxygen atoms in total. The first kappa shape index (κ1) is 43.7. The van der Waals surface area contributed by atoms with Crippen LogP contribution in [-0.2, 0) is 35.6 Å². The maximum absolute atomic E-state index is 15.0. The lowest BCUT2D eigenvalue weighted by Gasteiger charge is -2.37. The van der Waals surface area contributed by atoms with Crippen molar-refractivity contribution in [2.75, 3.05) is 13.7 Å². The van der Waals surface area contributed by atoms with E-state index in [1.54, 1.807) is 46.9 Å². The number of nitrogens with zero attached hydrogens (tertiary/aromatic N) is 3. The normalized spacial score (nSPS) is 30.5. The van der Waals surface area contributed by atoms with Crippen LogP contribution < -0.4 is 24.8 Å². The number of ether oxygens (including phenoxy) is 3. The fourth-order valence-corrected chi connectivity index (χ4v) is 10.7. The van der Waals surface area contributed by atoms with Gasteiger partial charge in [0.2, 0.25) is 34.1 Å². The molecule has 3 heterocycles. The molecule has 1 aromatic carbocycles. The van der Waals surface area contributed by atoms with Crippen LogP contribution in [0.15, 0.2) is 18.2 Å². The number of sulfonamides is 1. The summed E-state index contributed by atoms with van der Waals surface area (Å²) in [5.41, 5.74) is -1.41. The highest BCUT2D eigenvalue weighted by molar-refractivity contribution is 7.91. The molecule has 0 unspecified atom stereocenters. The number of carbonyl (C=O) groups excluding carboxylic acids is 4. The van der Waals surface area contributed by atoms with Crippen molar-refractivity contribution in [2.45, 2.75) is 153 Å². The van der Waals surface area contributed by atoms with Crippen molar-refractivity contribution in [1.29, 1.82) is 0 Å². The van der Waals surface area contributed by atoms with Crippen molar-refractivity contribution in [2.24, 2.45) is 23.2 Å². The van der Waals surface area contributed by atoms with Crippen molar-refractivity contribution in [3.63, 3.8) is 0 Å². The first-order valence-corrected chi connectivity index (χ1v) is 23.0. The molecule has 60 heavy (non-hydrogen) atoms. The van der Waals surface area contributed by atoms with Gasteiger partial charge in [0.05, 0.1) is 35.9 Å². The monoisotopic (exact) mass is 860 g/mol. The molecule has 2 bridgehead atoms. The van der Waals surface area contributed by atoms with Gasteiger partial charge < -0.3 is 29.7 Å². The number of carbonyl (C=O) groups is 4. The summed E-state index contributed by atoms with van der Waals surface area (Å²) >= 11 is 0. The average Bonchev–Trinajstić information content (AvgIpc) is 4.13. The third kappa shape index (κ3) is 9.13. The Kier molecular flexibility index (Phi) is 12.5. The molecular weight excluding hydrogens is 803 g/mol. The van der Waals surface area contributed by atoms with Crippen molar-refractivity contribution in [1.82, 2.24) is 30.2 Å². The molecule has 2 aliphatic heterocycles. The molecular formula is C42H58F2N6O9S. The summed E-state index contributed by atoms with van der Waals surface area (Å²) in [6, 6.07) is 2.74. The molecule has 3 aliphatic carbocycles. The second-order valence-electron chi connectivity index (χ2n) is 18.3. The molecule has 0 spiro atoms. The fraction of sp³-hybridized carbons (Fsp3) is 0.714. The van der Waals surface area contributed by atoms with Gasteiger partial charge in [-0.1, -0.05) is 47.0 Å². The van der Waals surface area contributed by atoms with Gasteiger partial charge in [0.25, 0.3) is 5.91 Å². The number of halogens is 2. The summed E-state index contributed by atoms with van der Waals surface area (Å²) in [7, 11) is -2.61. The predicted octanol–water partition coefficient (Wildman–Crippen LogP) is 5.19. The van der Waals surface area contributed by atoms with E-state index in [1.165, 1.54) is 4.90 Å². The quantitative estimate of drug-likeness (QED) is 0.316. The Morgan fingerprint density at radius 2 is 1.72 bits per heavy atom. The number of methoxy groups -OCH3 is 1. The molecule has 4 fully saturated rings. The van der Waals surface area contributed by atoms with E-state index in [9.17, 15) is 36.4 Å². The van der Waals surface area contributed by atoms with E-state index in [0.717, 1.165) is 44.9 Å². The number of alkyl halides is 2. The summed E-state index contributed by atoms with van der Waals surface area (Å²) < 4.78 is 74.5. The van der Waals surface area contributed by atoms with Crippen LogP contribution in [0.4, 0.5) is 13.6 Å². The molecule has 5 aliphatic rings. The van der Waals surface area contributed by atoms with Gasteiger partial charge in [-0.05, 0) is 87.7 Å². The number of rotatable bonds is 8. The first-order valence-electron chi connectivity index (χ1n) is 21.4. The van der Waals surface area contributed by atoms with Crippen molar-refractivity contribution in [3.8, 4) is 11.6 Å². The number of fused-ring (bicyclic) bond motifs is 5. The van der Waals surface area contributed by atoms with Gasteiger partial charge in [-0.15, -0.1) is 0 Å². The molecule has 18 heteroatoms. The van der Waals surface area contributed by atoms with Crippen molar-refractivity contribution < 1.29 is 50.6 Å². The van der Waals surface area contributed by atoms with Gasteiger partial charge in [0, 0.05) is 12.0 Å². The number of hydrogen-bond acceptors (Lipinski definition) is 11. The lowest BCUT2D eigenvalue weighted by atomic mass is 9.83. The lowest BCUT2D eigenvalue weighted by Crippen LogP contribution is -2.61. The van der Waals surface area contributed by atoms with E-state index < -0.39 is 92.9 Å². The van der Waals surface area contributed by atoms with E-state index in [-0.39, 0.29) is 30.9 Å². The van der Waals surface area contributed by atoms with Crippen molar-refractivity contribution in [3.05, 3.63) is 23.9 Å². The van der Waals surface area contributed by atoms with Gasteiger partial charge in [0.15, 0.2) is 0 Å². The predicted molar refractivity (Wildman–Crippen MR) is 216 cm³/mol. The third-order valence-corrected chi connectivity index (χ3v) is 14.8. The number of alkyl carbamates (subject to hydrolysis) is 1. The van der Waals surface area contributed by atoms with Crippen LogP contribution in [0, 0.1) is 23.2 Å². The molecule has 3 saturated carbocycles. The van der Waals surface area contributed by atoms with Gasteiger partial charge in [0.1, 0.15) is 41.3 Å². The van der Waals surface area contributed by atoms with Gasteiger partial charge in [-0.25, -0.2) is 32.0 Å². The number of amides is 4. The van der Waals surface area contributed by atoms with Crippen molar-refractivity contribution >= 4 is 44.9 Å². The number of hydrogen-bond donors (Lipinski definition) is 3. The Morgan fingerprint density at radius 3 is 2.37 bits per heavy atom. The average molecular weight is 861 g/mol. The minimum Gasteiger partial charge on any atom is -0.497 e. The highest BCUT2D eigenvalue weighted by Crippen LogP contribution is 2.49. The van der Waals surface area contributed by atoms with E-state index in [2.05, 4.69) is 10.6 Å². The maximum Gasteiger partial charge on any atom is 0.408 e. The second kappa shape index (κ2) is 17.2. The Bertz CT molecular complexity index is 2080. The van der Waals surface area contributed by atoms with Crippen LogP contribution in [-0.4, -0.2) is 102 Å². The lowest BCUT2D eigenvalue weighted by molar-refractivity contribution is -0.144. The SMILES string of the molecule is CC[C@@H]1[C@@H]2CN(C(=O)[C@H](C(C)(C)C)NC(=O)O[C@@H]3CCCC[C@H]3CCCCCc3nc4ccc(OC)cc4nc3O2)[C@@H]1C(=O)N[C@]1(C(=O)NS(=O)(=O)C2CC2)C[C@H]1C(F)F. The third-order valence-electron chi connectivity index (χ3n) is 13.0. The number of aromatic nitrogens is 2. The zero-order valence-electron chi connectivity index (χ0n) is 35.0. The van der Waals surface area contributed by atoms with E-state index in [4.69, 9.17) is 24.2 Å². The molecule has 2 aromatic rings. The van der Waals surface area contributed by atoms with E-state index >= 15 is 0 Å². The minimum absolute atomic E-state index is 0.155. The fourth-order valence-electron chi connectivity index (χ4n) is 9.30. The zero-order chi connectivity index (χ0) is 43.1. The molecule has 0 radical (unpaired) electrons. The highest BCUT2D eigenvalue weighted by Gasteiger charge is 2.67. The van der Waals surface area contributed by atoms with Gasteiger partial charge >= 0.3 is 6.09 Å². The molecule has 4 amide bonds. The van der Waals surface area contributed by atoms with Gasteiger partial charge in [-0.3, -0.25) is 19.1 Å². The van der Waals surface area contributed by atoms with Crippen LogP contribution >= 0.6 is 0 Å². The van der Waals surface area contributed by atoms with Crippen LogP contribution in [0.25, 0.3) is 11.0 Å². The largest absolute Gasteiger partial charge is 0.497 e. The molecule has 8 atom stereocenters. The van der Waals surface area contributed by atoms with E-state index in [0.29, 0.717) is 48.2 Å².